The van der Waals surface area contributed by atoms with E-state index in [1.165, 1.54) is 0 Å². The van der Waals surface area contributed by atoms with Crippen molar-refractivity contribution in [2.75, 3.05) is 6.61 Å². The fraction of sp³-hybridized carbons (Fsp3) is 0.231. The number of hydrogen-bond donors (Lipinski definition) is 2. The first-order valence-corrected chi connectivity index (χ1v) is 6.81. The second-order valence-corrected chi connectivity index (χ2v) is 6.51. The van der Waals surface area contributed by atoms with Crippen LogP contribution in [0.4, 0.5) is 4.79 Å². The summed E-state index contributed by atoms with van der Waals surface area (Å²) in [6.07, 6.45) is -1.02. The van der Waals surface area contributed by atoms with E-state index in [9.17, 15) is 14.7 Å². The predicted octanol–water partition coefficient (Wildman–Crippen LogP) is 3.25. The second kappa shape index (κ2) is 7.54. The summed E-state index contributed by atoms with van der Waals surface area (Å²) in [6, 6.07) is 7.21. The monoisotopic (exact) mass is 351 g/mol. The molecule has 0 saturated heterocycles. The van der Waals surface area contributed by atoms with Crippen LogP contribution >= 0.6 is 34.8 Å². The van der Waals surface area contributed by atoms with E-state index >= 15 is 0 Å². The molecule has 21 heavy (non-hydrogen) atoms. The molecule has 0 saturated carbocycles. The van der Waals surface area contributed by atoms with Crippen molar-refractivity contribution in [2.45, 2.75) is 9.83 Å². The summed E-state index contributed by atoms with van der Waals surface area (Å²) in [5.74, 6) is -1.28. The zero-order chi connectivity index (χ0) is 16.0. The van der Waals surface area contributed by atoms with Crippen molar-refractivity contribution in [2.24, 2.45) is 0 Å². The number of alkyl halides is 3. The minimum absolute atomic E-state index is 0.203. The molecule has 0 bridgehead atoms. The van der Waals surface area contributed by atoms with Crippen molar-refractivity contribution in [3.8, 4) is 0 Å². The number of halogens is 3. The molecule has 1 atom stereocenters. The number of nitrogens with one attached hydrogen (secondary N) is 1. The first-order valence-electron chi connectivity index (χ1n) is 5.68. The van der Waals surface area contributed by atoms with Crippen LogP contribution in [0.25, 0.3) is 5.57 Å². The van der Waals surface area contributed by atoms with Gasteiger partial charge in [-0.25, -0.2) is 9.59 Å². The third kappa shape index (κ3) is 6.25. The van der Waals surface area contributed by atoms with E-state index in [1.54, 1.807) is 30.3 Å². The van der Waals surface area contributed by atoms with Crippen molar-refractivity contribution in [3.05, 3.63) is 42.5 Å². The number of alkyl carbamates (subject to hydrolysis) is 1. The summed E-state index contributed by atoms with van der Waals surface area (Å²) in [5, 5.41) is 11.3. The summed E-state index contributed by atoms with van der Waals surface area (Å²) in [7, 11) is 0. The number of carbonyl (C=O) groups is 2. The summed E-state index contributed by atoms with van der Waals surface area (Å²) in [6.45, 7) is 3.17. The van der Waals surface area contributed by atoms with Crippen molar-refractivity contribution >= 4 is 52.4 Å². The molecule has 0 heterocycles. The fourth-order valence-corrected chi connectivity index (χ4v) is 1.59. The van der Waals surface area contributed by atoms with E-state index in [-0.39, 0.29) is 5.57 Å². The first kappa shape index (κ1) is 17.6. The molecule has 1 aromatic carbocycles. The summed E-state index contributed by atoms with van der Waals surface area (Å²) in [4.78, 5) is 22.8. The van der Waals surface area contributed by atoms with Crippen LogP contribution < -0.4 is 5.32 Å². The molecule has 1 unspecified atom stereocenters. The lowest BCUT2D eigenvalue weighted by atomic mass is 10.0. The Balaban J connectivity index is 2.73. The Bertz CT molecular complexity index is 528. The second-order valence-electron chi connectivity index (χ2n) is 4.00. The molecular weight excluding hydrogens is 341 g/mol. The highest BCUT2D eigenvalue weighted by Crippen LogP contribution is 2.26. The maximum atomic E-state index is 11.5. The van der Waals surface area contributed by atoms with Crippen LogP contribution in [-0.4, -0.2) is 33.6 Å². The maximum absolute atomic E-state index is 11.5. The van der Waals surface area contributed by atoms with E-state index in [1.807, 2.05) is 0 Å². The van der Waals surface area contributed by atoms with E-state index in [0.717, 1.165) is 0 Å². The summed E-state index contributed by atoms with van der Waals surface area (Å²) in [5.41, 5.74) is 0.778. The van der Waals surface area contributed by atoms with Gasteiger partial charge in [-0.05, 0) is 11.1 Å². The van der Waals surface area contributed by atoms with Gasteiger partial charge in [-0.3, -0.25) is 0 Å². The number of carboxylic acid groups (broad SMARTS) is 1. The van der Waals surface area contributed by atoms with Gasteiger partial charge >= 0.3 is 12.1 Å². The molecule has 0 radical (unpaired) electrons. The van der Waals surface area contributed by atoms with E-state index in [2.05, 4.69) is 16.6 Å². The number of amides is 1. The highest BCUT2D eigenvalue weighted by Gasteiger charge is 2.27. The number of carbonyl (C=O) groups excluding carboxylic acids is 1. The number of aliphatic carboxylic acids is 1. The van der Waals surface area contributed by atoms with Crippen LogP contribution in [0.1, 0.15) is 5.56 Å². The smallest absolute Gasteiger partial charge is 0.408 e. The van der Waals surface area contributed by atoms with E-state index < -0.39 is 28.5 Å². The van der Waals surface area contributed by atoms with Crippen LogP contribution in [0.15, 0.2) is 36.9 Å². The molecule has 0 aliphatic rings. The number of hydrogen-bond acceptors (Lipinski definition) is 3. The number of carboxylic acids is 1. The topological polar surface area (TPSA) is 75.6 Å². The van der Waals surface area contributed by atoms with Crippen LogP contribution in [-0.2, 0) is 9.53 Å². The van der Waals surface area contributed by atoms with Gasteiger partial charge in [-0.15, -0.1) is 0 Å². The zero-order valence-corrected chi connectivity index (χ0v) is 13.0. The number of ether oxygens (including phenoxy) is 1. The van der Waals surface area contributed by atoms with Gasteiger partial charge in [-0.2, -0.15) is 0 Å². The molecule has 0 aromatic heterocycles. The minimum atomic E-state index is -1.77. The molecule has 5 nitrogen and oxygen atoms in total. The molecule has 0 fully saturated rings. The fourth-order valence-electron chi connectivity index (χ4n) is 1.42. The molecule has 114 valence electrons. The van der Waals surface area contributed by atoms with Crippen LogP contribution in [0.3, 0.4) is 0 Å². The maximum Gasteiger partial charge on any atom is 0.408 e. The van der Waals surface area contributed by atoms with Crippen LogP contribution in [0.5, 0.6) is 0 Å². The lowest BCUT2D eigenvalue weighted by Gasteiger charge is -2.18. The van der Waals surface area contributed by atoms with Gasteiger partial charge < -0.3 is 15.2 Å². The Hall–Kier alpha value is -1.43. The molecule has 0 aliphatic carbocycles. The normalized spacial score (nSPS) is 12.3. The highest BCUT2D eigenvalue weighted by molar-refractivity contribution is 6.67. The van der Waals surface area contributed by atoms with Crippen molar-refractivity contribution < 1.29 is 19.4 Å². The van der Waals surface area contributed by atoms with E-state index in [0.29, 0.717) is 5.56 Å². The van der Waals surface area contributed by atoms with Gasteiger partial charge in [0.1, 0.15) is 6.61 Å². The Morgan fingerprint density at radius 3 is 2.33 bits per heavy atom. The largest absolute Gasteiger partial charge is 0.479 e. The summed E-state index contributed by atoms with van der Waals surface area (Å²) < 4.78 is 2.85. The van der Waals surface area contributed by atoms with Gasteiger partial charge in [0.2, 0.25) is 3.79 Å². The highest BCUT2D eigenvalue weighted by atomic mass is 35.6. The van der Waals surface area contributed by atoms with Gasteiger partial charge in [0.05, 0.1) is 0 Å². The van der Waals surface area contributed by atoms with Crippen LogP contribution in [0.2, 0.25) is 0 Å². The Morgan fingerprint density at radius 2 is 1.86 bits per heavy atom. The number of benzene rings is 1. The molecule has 8 heteroatoms. The Kier molecular flexibility index (Phi) is 6.33. The lowest BCUT2D eigenvalue weighted by Crippen LogP contribution is -2.42. The predicted molar refractivity (Wildman–Crippen MR) is 81.7 cm³/mol. The minimum Gasteiger partial charge on any atom is -0.479 e. The van der Waals surface area contributed by atoms with Gasteiger partial charge in [0, 0.05) is 0 Å². The molecular formula is C13H12Cl3NO4. The average Bonchev–Trinajstić information content (AvgIpc) is 2.41. The zero-order valence-electron chi connectivity index (χ0n) is 10.7. The van der Waals surface area contributed by atoms with Gasteiger partial charge in [0.15, 0.2) is 6.04 Å². The third-order valence-corrected chi connectivity index (χ3v) is 2.70. The Labute approximate surface area is 136 Å². The molecule has 1 rings (SSSR count). The molecule has 0 aliphatic heterocycles. The van der Waals surface area contributed by atoms with Crippen molar-refractivity contribution in [1.82, 2.24) is 5.32 Å². The quantitative estimate of drug-likeness (QED) is 0.798. The number of rotatable bonds is 5. The Morgan fingerprint density at radius 1 is 1.29 bits per heavy atom. The standard InChI is InChI=1S/C13H12Cl3NO4/c1-8(9-5-3-2-4-6-9)10(11(18)19)17-12(20)21-7-13(14,15)16/h2-6,10H,1,7H2,(H,17,20)(H,18,19). The lowest BCUT2D eigenvalue weighted by molar-refractivity contribution is -0.137. The van der Waals surface area contributed by atoms with Gasteiger partial charge in [0.25, 0.3) is 0 Å². The SMILES string of the molecule is C=C(c1ccccc1)C(NC(=O)OCC(Cl)(Cl)Cl)C(=O)O. The van der Waals surface area contributed by atoms with Gasteiger partial charge in [-0.1, -0.05) is 71.7 Å². The van der Waals surface area contributed by atoms with Crippen molar-refractivity contribution in [1.29, 1.82) is 0 Å². The van der Waals surface area contributed by atoms with E-state index in [4.69, 9.17) is 34.8 Å². The summed E-state index contributed by atoms with van der Waals surface area (Å²) >= 11 is 16.3. The first-order chi connectivity index (χ1) is 9.70. The molecule has 2 N–H and O–H groups in total. The third-order valence-electron chi connectivity index (χ3n) is 2.37. The van der Waals surface area contributed by atoms with Crippen LogP contribution in [0, 0.1) is 0 Å². The molecule has 1 aromatic rings. The average molecular weight is 353 g/mol. The molecule has 1 amide bonds. The molecule has 0 spiro atoms. The van der Waals surface area contributed by atoms with Crippen molar-refractivity contribution in [3.63, 3.8) is 0 Å².